The molecule has 3 N–H and O–H groups in total. The minimum absolute atomic E-state index is 0.0783. The number of phenols is 1. The van der Waals surface area contributed by atoms with Crippen molar-refractivity contribution in [2.45, 2.75) is 92.0 Å². The van der Waals surface area contributed by atoms with E-state index < -0.39 is 41.1 Å². The molecule has 0 aliphatic carbocycles. The van der Waals surface area contributed by atoms with Gasteiger partial charge in [-0.25, -0.2) is 4.79 Å². The standard InChI is InChI=1S/C35H44ClN3O5/c1-21-13-14-22(2)26(19-21)30(31(41)38-29-23(3)11-10-12-27(29)36)39(34(4,5)6)32(42)28(37-33(43)44-35(7,8)9)20-24-15-17-25(40)18-16-24/h10-19,28,30,40H,20H2,1-9H3,(H,37,43)(H,38,41). The highest BCUT2D eigenvalue weighted by Gasteiger charge is 2.42. The van der Waals surface area contributed by atoms with Gasteiger partial charge in [0.1, 0.15) is 23.4 Å². The van der Waals surface area contributed by atoms with Crippen molar-refractivity contribution in [3.8, 4) is 5.75 Å². The number of carbonyl (C=O) groups excluding carboxylic acids is 3. The number of nitrogens with zero attached hydrogens (tertiary/aromatic N) is 1. The van der Waals surface area contributed by atoms with E-state index in [0.717, 1.165) is 16.7 Å². The lowest BCUT2D eigenvalue weighted by molar-refractivity contribution is -0.146. The summed E-state index contributed by atoms with van der Waals surface area (Å²) in [7, 11) is 0. The smallest absolute Gasteiger partial charge is 0.408 e. The molecule has 9 heteroatoms. The number of anilines is 1. The van der Waals surface area contributed by atoms with Crippen molar-refractivity contribution in [1.29, 1.82) is 0 Å². The Labute approximate surface area is 265 Å². The second-order valence-corrected chi connectivity index (χ2v) is 13.5. The maximum Gasteiger partial charge on any atom is 0.408 e. The van der Waals surface area contributed by atoms with Crippen LogP contribution in [0.3, 0.4) is 0 Å². The van der Waals surface area contributed by atoms with Gasteiger partial charge in [0.25, 0.3) is 5.91 Å². The van der Waals surface area contributed by atoms with Crippen molar-refractivity contribution in [2.75, 3.05) is 5.32 Å². The molecule has 3 rings (SSSR count). The van der Waals surface area contributed by atoms with E-state index >= 15 is 0 Å². The summed E-state index contributed by atoms with van der Waals surface area (Å²) < 4.78 is 5.52. The minimum Gasteiger partial charge on any atom is -0.508 e. The Kier molecular flexibility index (Phi) is 10.7. The third-order valence-electron chi connectivity index (χ3n) is 7.03. The average molecular weight is 622 g/mol. The first-order valence-corrected chi connectivity index (χ1v) is 15.0. The molecule has 0 radical (unpaired) electrons. The zero-order valence-corrected chi connectivity index (χ0v) is 27.8. The molecule has 2 unspecified atom stereocenters. The Hall–Kier alpha value is -4.04. The summed E-state index contributed by atoms with van der Waals surface area (Å²) >= 11 is 6.50. The van der Waals surface area contributed by atoms with Gasteiger partial charge in [0, 0.05) is 12.0 Å². The van der Waals surface area contributed by atoms with Gasteiger partial charge in [0.15, 0.2) is 0 Å². The van der Waals surface area contributed by atoms with E-state index in [9.17, 15) is 19.5 Å². The third kappa shape index (κ3) is 8.99. The van der Waals surface area contributed by atoms with Gasteiger partial charge in [-0.05, 0) is 103 Å². The number of aromatic hydroxyl groups is 1. The molecule has 3 aromatic rings. The van der Waals surface area contributed by atoms with E-state index in [1.807, 2.05) is 65.8 Å². The van der Waals surface area contributed by atoms with Crippen molar-refractivity contribution in [2.24, 2.45) is 0 Å². The molecule has 8 nitrogen and oxygen atoms in total. The summed E-state index contributed by atoms with van der Waals surface area (Å²) in [5.74, 6) is -0.846. The number of ether oxygens (including phenoxy) is 1. The van der Waals surface area contributed by atoms with Crippen molar-refractivity contribution < 1.29 is 24.2 Å². The molecule has 0 aliphatic heterocycles. The van der Waals surface area contributed by atoms with Crippen LogP contribution in [0.15, 0.2) is 60.7 Å². The molecule has 0 aliphatic rings. The number of alkyl carbamates (subject to hydrolysis) is 1. The molecule has 0 saturated heterocycles. The van der Waals surface area contributed by atoms with Gasteiger partial charge in [-0.15, -0.1) is 0 Å². The second kappa shape index (κ2) is 13.7. The Morgan fingerprint density at radius 3 is 2.11 bits per heavy atom. The lowest BCUT2D eigenvalue weighted by Gasteiger charge is -2.43. The first kappa shape index (κ1) is 34.5. The summed E-state index contributed by atoms with van der Waals surface area (Å²) in [6, 6.07) is 15.3. The van der Waals surface area contributed by atoms with Gasteiger partial charge in [-0.2, -0.15) is 0 Å². The van der Waals surface area contributed by atoms with Gasteiger partial charge < -0.3 is 25.4 Å². The number of phenolic OH excluding ortho intramolecular Hbond substituents is 1. The fourth-order valence-electron chi connectivity index (χ4n) is 4.96. The summed E-state index contributed by atoms with van der Waals surface area (Å²) in [6.45, 7) is 16.4. The van der Waals surface area contributed by atoms with E-state index in [1.54, 1.807) is 45.0 Å². The van der Waals surface area contributed by atoms with Crippen molar-refractivity contribution in [1.82, 2.24) is 10.2 Å². The van der Waals surface area contributed by atoms with Crippen LogP contribution in [0.25, 0.3) is 0 Å². The van der Waals surface area contributed by atoms with E-state index in [2.05, 4.69) is 10.6 Å². The van der Waals surface area contributed by atoms with Crippen LogP contribution in [0, 0.1) is 20.8 Å². The number of benzene rings is 3. The predicted octanol–water partition coefficient (Wildman–Crippen LogP) is 7.41. The fraction of sp³-hybridized carbons (Fsp3) is 0.400. The first-order chi connectivity index (χ1) is 20.4. The number of aryl methyl sites for hydroxylation is 3. The molecule has 0 bridgehead atoms. The number of hydrogen-bond donors (Lipinski definition) is 3. The topological polar surface area (TPSA) is 108 Å². The lowest BCUT2D eigenvalue weighted by atomic mass is 9.91. The molecular formula is C35H44ClN3O5. The van der Waals surface area contributed by atoms with Crippen LogP contribution in [-0.2, 0) is 20.7 Å². The van der Waals surface area contributed by atoms with Gasteiger partial charge in [-0.1, -0.05) is 59.6 Å². The van der Waals surface area contributed by atoms with E-state index in [-0.39, 0.29) is 12.2 Å². The minimum atomic E-state index is -1.10. The summed E-state index contributed by atoms with van der Waals surface area (Å²) in [5.41, 5.74) is 2.65. The van der Waals surface area contributed by atoms with E-state index in [1.165, 1.54) is 17.0 Å². The largest absolute Gasteiger partial charge is 0.508 e. The van der Waals surface area contributed by atoms with Gasteiger partial charge >= 0.3 is 6.09 Å². The van der Waals surface area contributed by atoms with Crippen molar-refractivity contribution in [3.05, 3.63) is 93.5 Å². The zero-order chi connectivity index (χ0) is 33.0. The molecule has 0 spiro atoms. The van der Waals surface area contributed by atoms with Crippen LogP contribution in [0.4, 0.5) is 10.5 Å². The van der Waals surface area contributed by atoms with Gasteiger partial charge in [-0.3, -0.25) is 9.59 Å². The molecule has 3 aromatic carbocycles. The molecule has 0 heterocycles. The quantitative estimate of drug-likeness (QED) is 0.243. The van der Waals surface area contributed by atoms with Crippen LogP contribution in [0.5, 0.6) is 5.75 Å². The van der Waals surface area contributed by atoms with Crippen LogP contribution < -0.4 is 10.6 Å². The Morgan fingerprint density at radius 2 is 1.55 bits per heavy atom. The maximum absolute atomic E-state index is 14.8. The van der Waals surface area contributed by atoms with Crippen LogP contribution in [0.1, 0.15) is 75.4 Å². The number of para-hydroxylation sites is 1. The van der Waals surface area contributed by atoms with Gasteiger partial charge in [0.2, 0.25) is 5.91 Å². The molecular weight excluding hydrogens is 578 g/mol. The molecule has 3 amide bonds. The van der Waals surface area contributed by atoms with Crippen molar-refractivity contribution in [3.63, 3.8) is 0 Å². The zero-order valence-electron chi connectivity index (χ0n) is 27.0. The average Bonchev–Trinajstić information content (AvgIpc) is 2.89. The summed E-state index contributed by atoms with van der Waals surface area (Å²) in [4.78, 5) is 43.7. The molecule has 0 fully saturated rings. The lowest BCUT2D eigenvalue weighted by Crippen LogP contribution is -2.58. The van der Waals surface area contributed by atoms with Crippen LogP contribution >= 0.6 is 11.6 Å². The van der Waals surface area contributed by atoms with Crippen LogP contribution in [-0.4, -0.2) is 45.1 Å². The number of carbonyl (C=O) groups is 3. The molecule has 2 atom stereocenters. The predicted molar refractivity (Wildman–Crippen MR) is 175 cm³/mol. The highest BCUT2D eigenvalue weighted by molar-refractivity contribution is 6.34. The number of rotatable bonds is 8. The summed E-state index contributed by atoms with van der Waals surface area (Å²) in [5, 5.41) is 15.9. The summed E-state index contributed by atoms with van der Waals surface area (Å²) in [6.07, 6.45) is -0.668. The number of halogens is 1. The second-order valence-electron chi connectivity index (χ2n) is 13.1. The van der Waals surface area contributed by atoms with Crippen molar-refractivity contribution >= 4 is 35.2 Å². The Bertz CT molecular complexity index is 1490. The molecule has 0 saturated carbocycles. The SMILES string of the molecule is Cc1ccc(C)c(C(C(=O)Nc2c(C)cccc2Cl)N(C(=O)C(Cc2ccc(O)cc2)NC(=O)OC(C)(C)C)C(C)(C)C)c1. The number of amides is 3. The van der Waals surface area contributed by atoms with Gasteiger partial charge in [0.05, 0.1) is 10.7 Å². The number of nitrogens with one attached hydrogen (secondary N) is 2. The molecule has 236 valence electrons. The monoisotopic (exact) mass is 621 g/mol. The Balaban J connectivity index is 2.18. The maximum atomic E-state index is 14.8. The highest BCUT2D eigenvalue weighted by atomic mass is 35.5. The first-order valence-electron chi connectivity index (χ1n) is 14.6. The fourth-order valence-corrected chi connectivity index (χ4v) is 5.23. The number of hydrogen-bond acceptors (Lipinski definition) is 5. The highest BCUT2D eigenvalue weighted by Crippen LogP contribution is 2.35. The molecule has 0 aromatic heterocycles. The normalized spacial score (nSPS) is 13.0. The molecule has 44 heavy (non-hydrogen) atoms. The van der Waals surface area contributed by atoms with Crippen LogP contribution in [0.2, 0.25) is 5.02 Å². The third-order valence-corrected chi connectivity index (χ3v) is 7.35. The van der Waals surface area contributed by atoms with E-state index in [4.69, 9.17) is 16.3 Å². The Morgan fingerprint density at radius 1 is 0.909 bits per heavy atom. The van der Waals surface area contributed by atoms with E-state index in [0.29, 0.717) is 21.8 Å².